The van der Waals surface area contributed by atoms with E-state index in [1.165, 1.54) is 32.5 Å². The summed E-state index contributed by atoms with van der Waals surface area (Å²) in [6, 6.07) is 0.595. The average molecular weight is 282 g/mol. The molecular weight excluding hydrogens is 252 g/mol. The van der Waals surface area contributed by atoms with Gasteiger partial charge in [0.25, 0.3) is 0 Å². The van der Waals surface area contributed by atoms with Crippen LogP contribution in [0.3, 0.4) is 0 Å². The minimum atomic E-state index is -0.626. The van der Waals surface area contributed by atoms with Crippen molar-refractivity contribution in [1.29, 1.82) is 0 Å². The molecule has 2 fully saturated rings. The zero-order chi connectivity index (χ0) is 14.8. The molecule has 0 aromatic carbocycles. The summed E-state index contributed by atoms with van der Waals surface area (Å²) >= 11 is 0. The lowest BCUT2D eigenvalue weighted by Gasteiger charge is -2.44. The number of hydrogen-bond donors (Lipinski definition) is 1. The molecule has 0 radical (unpaired) electrons. The second kappa shape index (κ2) is 6.44. The zero-order valence-electron chi connectivity index (χ0n) is 13.3. The van der Waals surface area contributed by atoms with Crippen LogP contribution in [0.25, 0.3) is 0 Å². The van der Waals surface area contributed by atoms with Gasteiger partial charge in [0.05, 0.1) is 5.41 Å². The predicted octanol–water partition coefficient (Wildman–Crippen LogP) is 2.29. The van der Waals surface area contributed by atoms with Gasteiger partial charge in [-0.2, -0.15) is 0 Å². The van der Waals surface area contributed by atoms with E-state index >= 15 is 0 Å². The van der Waals surface area contributed by atoms with Crippen molar-refractivity contribution in [3.63, 3.8) is 0 Å². The molecule has 0 aliphatic carbocycles. The van der Waals surface area contributed by atoms with Gasteiger partial charge in [-0.15, -0.1) is 0 Å². The molecule has 0 aromatic rings. The highest BCUT2D eigenvalue weighted by molar-refractivity contribution is 5.74. The molecule has 2 aliphatic rings. The number of rotatable bonds is 4. The summed E-state index contributed by atoms with van der Waals surface area (Å²) in [5, 5.41) is 9.42. The normalized spacial score (nSPS) is 30.8. The fourth-order valence-corrected chi connectivity index (χ4v) is 3.75. The van der Waals surface area contributed by atoms with Gasteiger partial charge in [0.15, 0.2) is 0 Å². The standard InChI is InChI=1S/C16H30N2O2/c1-13(2)11-17-9-5-14(6-10-17)18-8-4-7-16(3,12-18)15(19)20/h13-14H,4-12H2,1-3H3,(H,19,20). The molecule has 2 saturated heterocycles. The third kappa shape index (κ3) is 3.73. The summed E-state index contributed by atoms with van der Waals surface area (Å²) < 4.78 is 0. The minimum absolute atomic E-state index is 0.534. The molecule has 2 heterocycles. The molecule has 0 saturated carbocycles. The van der Waals surface area contributed by atoms with Crippen LogP contribution >= 0.6 is 0 Å². The van der Waals surface area contributed by atoms with Crippen LogP contribution in [-0.4, -0.2) is 59.6 Å². The average Bonchev–Trinajstić information content (AvgIpc) is 2.39. The Labute approximate surface area is 123 Å². The van der Waals surface area contributed by atoms with E-state index in [1.54, 1.807) is 0 Å². The van der Waals surface area contributed by atoms with Gasteiger partial charge in [-0.1, -0.05) is 13.8 Å². The molecule has 20 heavy (non-hydrogen) atoms. The summed E-state index contributed by atoms with van der Waals surface area (Å²) in [6.07, 6.45) is 4.24. The van der Waals surface area contributed by atoms with Crippen molar-refractivity contribution in [1.82, 2.24) is 9.80 Å². The van der Waals surface area contributed by atoms with E-state index in [-0.39, 0.29) is 0 Å². The van der Waals surface area contributed by atoms with E-state index in [1.807, 2.05) is 6.92 Å². The van der Waals surface area contributed by atoms with Crippen LogP contribution in [0.5, 0.6) is 0 Å². The molecule has 116 valence electrons. The monoisotopic (exact) mass is 282 g/mol. The van der Waals surface area contributed by atoms with E-state index < -0.39 is 11.4 Å². The first-order chi connectivity index (χ1) is 9.40. The second-order valence-electron chi connectivity index (χ2n) is 7.37. The van der Waals surface area contributed by atoms with Gasteiger partial charge < -0.3 is 10.0 Å². The summed E-state index contributed by atoms with van der Waals surface area (Å²) in [6.45, 7) is 11.8. The molecule has 0 aromatic heterocycles. The smallest absolute Gasteiger partial charge is 0.310 e. The van der Waals surface area contributed by atoms with Crippen LogP contribution in [0.2, 0.25) is 0 Å². The van der Waals surface area contributed by atoms with Crippen molar-refractivity contribution in [3.05, 3.63) is 0 Å². The Kier molecular flexibility index (Phi) is 5.08. The molecular formula is C16H30N2O2. The number of carboxylic acid groups (broad SMARTS) is 1. The van der Waals surface area contributed by atoms with Gasteiger partial charge in [0, 0.05) is 19.1 Å². The maximum Gasteiger partial charge on any atom is 0.310 e. The van der Waals surface area contributed by atoms with Gasteiger partial charge in [0.1, 0.15) is 0 Å². The van der Waals surface area contributed by atoms with Crippen molar-refractivity contribution < 1.29 is 9.90 Å². The van der Waals surface area contributed by atoms with Crippen molar-refractivity contribution in [2.45, 2.75) is 52.5 Å². The molecule has 1 N–H and O–H groups in total. The van der Waals surface area contributed by atoms with Crippen molar-refractivity contribution in [2.24, 2.45) is 11.3 Å². The van der Waals surface area contributed by atoms with Crippen LogP contribution in [0.15, 0.2) is 0 Å². The zero-order valence-corrected chi connectivity index (χ0v) is 13.3. The first-order valence-corrected chi connectivity index (χ1v) is 8.10. The maximum absolute atomic E-state index is 11.4. The first-order valence-electron chi connectivity index (χ1n) is 8.10. The lowest BCUT2D eigenvalue weighted by atomic mass is 9.81. The Morgan fingerprint density at radius 1 is 1.30 bits per heavy atom. The number of carbonyl (C=O) groups is 1. The van der Waals surface area contributed by atoms with Crippen molar-refractivity contribution >= 4 is 5.97 Å². The highest BCUT2D eigenvalue weighted by Crippen LogP contribution is 2.32. The largest absolute Gasteiger partial charge is 0.481 e. The third-order valence-corrected chi connectivity index (χ3v) is 4.94. The fourth-order valence-electron chi connectivity index (χ4n) is 3.75. The van der Waals surface area contributed by atoms with Crippen molar-refractivity contribution in [3.8, 4) is 0 Å². The van der Waals surface area contributed by atoms with E-state index in [0.29, 0.717) is 6.04 Å². The summed E-state index contributed by atoms with van der Waals surface area (Å²) in [7, 11) is 0. The Hall–Kier alpha value is -0.610. The predicted molar refractivity (Wildman–Crippen MR) is 80.8 cm³/mol. The van der Waals surface area contributed by atoms with Gasteiger partial charge in [-0.25, -0.2) is 0 Å². The molecule has 0 amide bonds. The number of aliphatic carboxylic acids is 1. The van der Waals surface area contributed by atoms with Crippen LogP contribution in [0, 0.1) is 11.3 Å². The molecule has 2 aliphatic heterocycles. The Balaban J connectivity index is 1.86. The van der Waals surface area contributed by atoms with Crippen molar-refractivity contribution in [2.75, 3.05) is 32.7 Å². The van der Waals surface area contributed by atoms with Crippen LogP contribution in [0.4, 0.5) is 0 Å². The first kappa shape index (κ1) is 15.8. The Morgan fingerprint density at radius 2 is 1.95 bits per heavy atom. The summed E-state index contributed by atoms with van der Waals surface area (Å²) in [4.78, 5) is 16.4. The molecule has 2 rings (SSSR count). The van der Waals surface area contributed by atoms with Crippen LogP contribution in [-0.2, 0) is 4.79 Å². The summed E-state index contributed by atoms with van der Waals surface area (Å²) in [5.41, 5.74) is -0.534. The highest BCUT2D eigenvalue weighted by Gasteiger charge is 2.40. The fraction of sp³-hybridized carbons (Fsp3) is 0.938. The molecule has 1 atom stereocenters. The van der Waals surface area contributed by atoms with Crippen LogP contribution < -0.4 is 0 Å². The van der Waals surface area contributed by atoms with Gasteiger partial charge in [0.2, 0.25) is 0 Å². The molecule has 4 heteroatoms. The molecule has 0 bridgehead atoms. The Bertz CT molecular complexity index is 337. The number of likely N-dealkylation sites (tertiary alicyclic amines) is 2. The highest BCUT2D eigenvalue weighted by atomic mass is 16.4. The van der Waals surface area contributed by atoms with E-state index in [0.717, 1.165) is 31.8 Å². The third-order valence-electron chi connectivity index (χ3n) is 4.94. The lowest BCUT2D eigenvalue weighted by molar-refractivity contribution is -0.152. The Morgan fingerprint density at radius 3 is 2.50 bits per heavy atom. The quantitative estimate of drug-likeness (QED) is 0.859. The maximum atomic E-state index is 11.4. The topological polar surface area (TPSA) is 43.8 Å². The lowest BCUT2D eigenvalue weighted by Crippen LogP contribution is -2.53. The second-order valence-corrected chi connectivity index (χ2v) is 7.37. The summed E-state index contributed by atoms with van der Waals surface area (Å²) in [5.74, 6) is 0.108. The van der Waals surface area contributed by atoms with Gasteiger partial charge in [-0.05, 0) is 58.2 Å². The molecule has 4 nitrogen and oxygen atoms in total. The minimum Gasteiger partial charge on any atom is -0.481 e. The molecule has 1 unspecified atom stereocenters. The SMILES string of the molecule is CC(C)CN1CCC(N2CCCC(C)(C(=O)O)C2)CC1. The van der Waals surface area contributed by atoms with E-state index in [4.69, 9.17) is 0 Å². The molecule has 0 spiro atoms. The number of nitrogens with zero attached hydrogens (tertiary/aromatic N) is 2. The number of carboxylic acids is 1. The van der Waals surface area contributed by atoms with Gasteiger partial charge in [-0.3, -0.25) is 9.69 Å². The van der Waals surface area contributed by atoms with E-state index in [2.05, 4.69) is 23.6 Å². The number of piperidine rings is 2. The van der Waals surface area contributed by atoms with Gasteiger partial charge >= 0.3 is 5.97 Å². The number of hydrogen-bond acceptors (Lipinski definition) is 3. The van der Waals surface area contributed by atoms with E-state index in [9.17, 15) is 9.90 Å². The van der Waals surface area contributed by atoms with Crippen LogP contribution in [0.1, 0.15) is 46.5 Å².